The molecule has 0 spiro atoms. The first kappa shape index (κ1) is 13.4. The largest absolute Gasteiger partial charge is 0.383 e. The van der Waals surface area contributed by atoms with E-state index in [-0.39, 0.29) is 0 Å². The van der Waals surface area contributed by atoms with Crippen molar-refractivity contribution in [3.8, 4) is 0 Å². The molecule has 1 aliphatic rings. The summed E-state index contributed by atoms with van der Waals surface area (Å²) in [6.45, 7) is 5.61. The zero-order chi connectivity index (χ0) is 12.8. The van der Waals surface area contributed by atoms with Gasteiger partial charge in [0.25, 0.3) is 0 Å². The molecule has 0 aliphatic carbocycles. The van der Waals surface area contributed by atoms with Crippen LogP contribution in [0.5, 0.6) is 0 Å². The van der Waals surface area contributed by atoms with Gasteiger partial charge in [-0.3, -0.25) is 0 Å². The van der Waals surface area contributed by atoms with E-state index in [1.807, 2.05) is 0 Å². The number of rotatable bonds is 4. The van der Waals surface area contributed by atoms with E-state index in [1.54, 1.807) is 0 Å². The average molecular weight is 246 g/mol. The second kappa shape index (κ2) is 6.79. The van der Waals surface area contributed by atoms with E-state index in [4.69, 9.17) is 0 Å². The number of benzene rings is 1. The van der Waals surface area contributed by atoms with Crippen LogP contribution in [0.15, 0.2) is 24.3 Å². The summed E-state index contributed by atoms with van der Waals surface area (Å²) in [5.41, 5.74) is 2.56. The lowest BCUT2D eigenvalue weighted by Crippen LogP contribution is -2.33. The van der Waals surface area contributed by atoms with Gasteiger partial charge in [0.15, 0.2) is 0 Å². The smallest absolute Gasteiger partial charge is 0.0342 e. The van der Waals surface area contributed by atoms with Crippen LogP contribution in [-0.2, 0) is 0 Å². The Balaban J connectivity index is 1.80. The van der Waals surface area contributed by atoms with Gasteiger partial charge in [-0.2, -0.15) is 0 Å². The van der Waals surface area contributed by atoms with E-state index in [9.17, 15) is 0 Å². The van der Waals surface area contributed by atoms with Crippen LogP contribution in [-0.4, -0.2) is 18.6 Å². The predicted molar refractivity (Wildman–Crippen MR) is 79.1 cm³/mol. The number of aryl methyl sites for hydroxylation is 1. The molecule has 2 heteroatoms. The van der Waals surface area contributed by atoms with Crippen molar-refractivity contribution in [2.24, 2.45) is 0 Å². The molecular formula is C16H26N2. The van der Waals surface area contributed by atoms with Gasteiger partial charge in [-0.25, -0.2) is 0 Å². The number of hydrogen-bond acceptors (Lipinski definition) is 2. The van der Waals surface area contributed by atoms with Gasteiger partial charge in [0.05, 0.1) is 0 Å². The van der Waals surface area contributed by atoms with E-state index in [2.05, 4.69) is 48.7 Å². The van der Waals surface area contributed by atoms with Crippen molar-refractivity contribution < 1.29 is 0 Å². The standard InChI is InChI=1S/C16H26N2/c1-13-7-9-15(10-8-13)18-14(2)12-16-6-4-3-5-11-17-16/h7-10,14,16-18H,3-6,11-12H2,1-2H3. The molecule has 1 saturated heterocycles. The first-order valence-corrected chi connectivity index (χ1v) is 7.30. The van der Waals surface area contributed by atoms with Crippen molar-refractivity contribution in [3.05, 3.63) is 29.8 Å². The van der Waals surface area contributed by atoms with Crippen molar-refractivity contribution in [3.63, 3.8) is 0 Å². The van der Waals surface area contributed by atoms with Crippen LogP contribution in [0, 0.1) is 6.92 Å². The summed E-state index contributed by atoms with van der Waals surface area (Å²) < 4.78 is 0. The molecule has 2 unspecified atom stereocenters. The van der Waals surface area contributed by atoms with Gasteiger partial charge in [0, 0.05) is 17.8 Å². The molecule has 1 fully saturated rings. The van der Waals surface area contributed by atoms with Crippen molar-refractivity contribution in [2.45, 2.75) is 58.0 Å². The average Bonchev–Trinajstić information content (AvgIpc) is 2.61. The minimum atomic E-state index is 0.531. The van der Waals surface area contributed by atoms with Crippen LogP contribution in [0.2, 0.25) is 0 Å². The third kappa shape index (κ3) is 4.34. The topological polar surface area (TPSA) is 24.1 Å². The Hall–Kier alpha value is -1.02. The number of hydrogen-bond donors (Lipinski definition) is 2. The molecule has 0 amide bonds. The third-order valence-corrected chi connectivity index (χ3v) is 3.77. The Kier molecular flexibility index (Phi) is 5.06. The SMILES string of the molecule is Cc1ccc(NC(C)CC2CCCCCN2)cc1. The van der Waals surface area contributed by atoms with Crippen LogP contribution in [0.1, 0.15) is 44.6 Å². The summed E-state index contributed by atoms with van der Waals surface area (Å²) >= 11 is 0. The number of nitrogens with one attached hydrogen (secondary N) is 2. The summed E-state index contributed by atoms with van der Waals surface area (Å²) in [6, 6.07) is 9.90. The lowest BCUT2D eigenvalue weighted by Gasteiger charge is -2.22. The molecule has 2 rings (SSSR count). The maximum Gasteiger partial charge on any atom is 0.0342 e. The monoisotopic (exact) mass is 246 g/mol. The quantitative estimate of drug-likeness (QED) is 0.846. The van der Waals surface area contributed by atoms with Crippen LogP contribution in [0.4, 0.5) is 5.69 Å². The molecule has 1 aromatic rings. The molecule has 0 radical (unpaired) electrons. The Labute approximate surface area is 111 Å². The fourth-order valence-corrected chi connectivity index (χ4v) is 2.72. The molecule has 1 aliphatic heterocycles. The molecule has 2 N–H and O–H groups in total. The highest BCUT2D eigenvalue weighted by atomic mass is 15.0. The van der Waals surface area contributed by atoms with Crippen LogP contribution < -0.4 is 10.6 Å². The van der Waals surface area contributed by atoms with Crippen LogP contribution >= 0.6 is 0 Å². The normalized spacial score (nSPS) is 22.2. The van der Waals surface area contributed by atoms with Gasteiger partial charge in [-0.1, -0.05) is 30.5 Å². The minimum absolute atomic E-state index is 0.531. The van der Waals surface area contributed by atoms with Gasteiger partial charge < -0.3 is 10.6 Å². The number of anilines is 1. The third-order valence-electron chi connectivity index (χ3n) is 3.77. The zero-order valence-electron chi connectivity index (χ0n) is 11.7. The fraction of sp³-hybridized carbons (Fsp3) is 0.625. The van der Waals surface area contributed by atoms with E-state index >= 15 is 0 Å². The van der Waals surface area contributed by atoms with Gasteiger partial charge in [-0.05, 0) is 51.8 Å². The Morgan fingerprint density at radius 3 is 2.78 bits per heavy atom. The van der Waals surface area contributed by atoms with E-state index in [1.165, 1.54) is 49.9 Å². The molecule has 2 atom stereocenters. The molecule has 0 aromatic heterocycles. The maximum atomic E-state index is 3.67. The minimum Gasteiger partial charge on any atom is -0.383 e. The Morgan fingerprint density at radius 2 is 2.00 bits per heavy atom. The molecule has 0 bridgehead atoms. The molecule has 1 aromatic carbocycles. The Morgan fingerprint density at radius 1 is 1.22 bits per heavy atom. The first-order valence-electron chi connectivity index (χ1n) is 7.30. The van der Waals surface area contributed by atoms with E-state index in [0.717, 1.165) is 0 Å². The zero-order valence-corrected chi connectivity index (χ0v) is 11.7. The van der Waals surface area contributed by atoms with Crippen molar-refractivity contribution in [1.82, 2.24) is 5.32 Å². The summed E-state index contributed by atoms with van der Waals surface area (Å²) in [6.07, 6.45) is 6.67. The first-order chi connectivity index (χ1) is 8.74. The van der Waals surface area contributed by atoms with Gasteiger partial charge in [-0.15, -0.1) is 0 Å². The fourth-order valence-electron chi connectivity index (χ4n) is 2.72. The molecule has 2 nitrogen and oxygen atoms in total. The maximum absolute atomic E-state index is 3.67. The summed E-state index contributed by atoms with van der Waals surface area (Å²) in [7, 11) is 0. The van der Waals surface area contributed by atoms with Crippen LogP contribution in [0.25, 0.3) is 0 Å². The molecule has 100 valence electrons. The highest BCUT2D eigenvalue weighted by Gasteiger charge is 2.14. The van der Waals surface area contributed by atoms with Gasteiger partial charge >= 0.3 is 0 Å². The van der Waals surface area contributed by atoms with Gasteiger partial charge in [0.2, 0.25) is 0 Å². The van der Waals surface area contributed by atoms with Crippen molar-refractivity contribution in [1.29, 1.82) is 0 Å². The molecule has 0 saturated carbocycles. The molecule has 18 heavy (non-hydrogen) atoms. The van der Waals surface area contributed by atoms with E-state index in [0.29, 0.717) is 12.1 Å². The highest BCUT2D eigenvalue weighted by Crippen LogP contribution is 2.16. The summed E-state index contributed by atoms with van der Waals surface area (Å²) in [5.74, 6) is 0. The van der Waals surface area contributed by atoms with Crippen molar-refractivity contribution >= 4 is 5.69 Å². The lowest BCUT2D eigenvalue weighted by molar-refractivity contribution is 0.456. The summed E-state index contributed by atoms with van der Waals surface area (Å²) in [5, 5.41) is 7.26. The second-order valence-electron chi connectivity index (χ2n) is 5.65. The second-order valence-corrected chi connectivity index (χ2v) is 5.65. The van der Waals surface area contributed by atoms with Gasteiger partial charge in [0.1, 0.15) is 0 Å². The molecular weight excluding hydrogens is 220 g/mol. The Bertz CT molecular complexity index is 337. The summed E-state index contributed by atoms with van der Waals surface area (Å²) in [4.78, 5) is 0. The highest BCUT2D eigenvalue weighted by molar-refractivity contribution is 5.45. The predicted octanol–water partition coefficient (Wildman–Crippen LogP) is 3.72. The van der Waals surface area contributed by atoms with Crippen LogP contribution in [0.3, 0.4) is 0 Å². The van der Waals surface area contributed by atoms with Crippen molar-refractivity contribution in [2.75, 3.05) is 11.9 Å². The molecule has 1 heterocycles. The lowest BCUT2D eigenvalue weighted by atomic mass is 10.0. The van der Waals surface area contributed by atoms with E-state index < -0.39 is 0 Å².